The summed E-state index contributed by atoms with van der Waals surface area (Å²) in [6.07, 6.45) is 1.63. The standard InChI is InChI=1S/C10H16N4O2S.ClH/c1-10(2,3)13-9(16)12-7(15)6-14-4-5-17-8(14)11;/h4-5,11H,6H2,1-3H3,(H2,12,13,15,16);1H/p-1. The molecule has 0 atom stereocenters. The molecule has 0 radical (unpaired) electrons. The van der Waals surface area contributed by atoms with Gasteiger partial charge in [0.25, 0.3) is 0 Å². The third-order valence-corrected chi connectivity index (χ3v) is 2.45. The van der Waals surface area contributed by atoms with Crippen LogP contribution in [0.15, 0.2) is 11.6 Å². The first-order valence-corrected chi connectivity index (χ1v) is 5.96. The first kappa shape index (κ1) is 16.7. The van der Waals surface area contributed by atoms with E-state index in [0.29, 0.717) is 0 Å². The summed E-state index contributed by atoms with van der Waals surface area (Å²) in [4.78, 5) is 23.1. The molecule has 0 aliphatic carbocycles. The molecular weight excluding hydrogens is 276 g/mol. The van der Waals surface area contributed by atoms with Crippen molar-refractivity contribution in [3.63, 3.8) is 0 Å². The van der Waals surface area contributed by atoms with Gasteiger partial charge in [-0.3, -0.25) is 15.5 Å². The fourth-order valence-electron chi connectivity index (χ4n) is 1.12. The molecule has 3 amide bonds. The predicted octanol–water partition coefficient (Wildman–Crippen LogP) is -2.34. The van der Waals surface area contributed by atoms with Crippen LogP contribution in [0.5, 0.6) is 0 Å². The number of carbonyl (C=O) groups is 2. The maximum Gasteiger partial charge on any atom is 0.321 e. The molecule has 3 N–H and O–H groups in total. The van der Waals surface area contributed by atoms with Gasteiger partial charge < -0.3 is 22.3 Å². The fourth-order valence-corrected chi connectivity index (χ4v) is 1.72. The van der Waals surface area contributed by atoms with E-state index in [9.17, 15) is 9.59 Å². The van der Waals surface area contributed by atoms with Crippen LogP contribution in [0.4, 0.5) is 4.79 Å². The van der Waals surface area contributed by atoms with Crippen molar-refractivity contribution in [3.8, 4) is 0 Å². The molecule has 18 heavy (non-hydrogen) atoms. The first-order chi connectivity index (χ1) is 7.78. The molecular formula is C10H16ClN4O2S-. The zero-order valence-electron chi connectivity index (χ0n) is 10.4. The average Bonchev–Trinajstić information content (AvgIpc) is 2.47. The molecule has 0 fully saturated rings. The summed E-state index contributed by atoms with van der Waals surface area (Å²) in [6, 6.07) is -0.523. The highest BCUT2D eigenvalue weighted by atomic mass is 35.5. The van der Waals surface area contributed by atoms with E-state index < -0.39 is 11.9 Å². The molecule has 0 saturated heterocycles. The van der Waals surface area contributed by atoms with Crippen molar-refractivity contribution in [2.75, 3.05) is 0 Å². The predicted molar refractivity (Wildman–Crippen MR) is 64.6 cm³/mol. The number of nitrogens with zero attached hydrogens (tertiary/aromatic N) is 1. The molecule has 102 valence electrons. The Morgan fingerprint density at radius 2 is 2.06 bits per heavy atom. The fraction of sp³-hybridized carbons (Fsp3) is 0.500. The first-order valence-electron chi connectivity index (χ1n) is 5.08. The Bertz CT molecular complexity index is 475. The van der Waals surface area contributed by atoms with E-state index >= 15 is 0 Å². The lowest BCUT2D eigenvalue weighted by molar-refractivity contribution is -0.120. The number of rotatable bonds is 2. The molecule has 1 rings (SSSR count). The minimum absolute atomic E-state index is 0. The van der Waals surface area contributed by atoms with Crippen molar-refractivity contribution in [1.29, 1.82) is 5.41 Å². The van der Waals surface area contributed by atoms with E-state index in [0.717, 1.165) is 0 Å². The minimum atomic E-state index is -0.523. The number of halogens is 1. The second-order valence-corrected chi connectivity index (χ2v) is 5.48. The highest BCUT2D eigenvalue weighted by Gasteiger charge is 2.15. The monoisotopic (exact) mass is 291 g/mol. The molecule has 6 nitrogen and oxygen atoms in total. The van der Waals surface area contributed by atoms with Crippen LogP contribution in [0, 0.1) is 5.41 Å². The molecule has 0 aliphatic heterocycles. The van der Waals surface area contributed by atoms with Gasteiger partial charge in [0.1, 0.15) is 6.54 Å². The van der Waals surface area contributed by atoms with Crippen molar-refractivity contribution < 1.29 is 22.0 Å². The molecule has 0 unspecified atom stereocenters. The quantitative estimate of drug-likeness (QED) is 0.570. The Kier molecular flexibility index (Phi) is 6.07. The van der Waals surface area contributed by atoms with Gasteiger partial charge in [-0.25, -0.2) is 4.79 Å². The topological polar surface area (TPSA) is 87.0 Å². The summed E-state index contributed by atoms with van der Waals surface area (Å²) < 4.78 is 1.46. The Labute approximate surface area is 115 Å². The van der Waals surface area contributed by atoms with Gasteiger partial charge in [0.2, 0.25) is 5.91 Å². The lowest BCUT2D eigenvalue weighted by atomic mass is 10.1. The molecule has 0 spiro atoms. The molecule has 1 heterocycles. The van der Waals surface area contributed by atoms with E-state index in [4.69, 9.17) is 5.41 Å². The molecule has 1 aromatic heterocycles. The number of thiazole rings is 1. The summed E-state index contributed by atoms with van der Waals surface area (Å²) >= 11 is 1.22. The van der Waals surface area contributed by atoms with Gasteiger partial charge in [-0.05, 0) is 20.8 Å². The van der Waals surface area contributed by atoms with Crippen LogP contribution in [-0.2, 0) is 11.3 Å². The number of amides is 3. The maximum atomic E-state index is 11.5. The number of nitrogens with one attached hydrogen (secondary N) is 3. The summed E-state index contributed by atoms with van der Waals surface area (Å²) in [7, 11) is 0. The molecule has 8 heteroatoms. The third kappa shape index (κ3) is 5.83. The van der Waals surface area contributed by atoms with Crippen LogP contribution in [-0.4, -0.2) is 22.0 Å². The highest BCUT2D eigenvalue weighted by molar-refractivity contribution is 7.06. The smallest absolute Gasteiger partial charge is 0.321 e. The number of hydrogen-bond acceptors (Lipinski definition) is 4. The van der Waals surface area contributed by atoms with Gasteiger partial charge >= 0.3 is 6.03 Å². The highest BCUT2D eigenvalue weighted by Crippen LogP contribution is 1.97. The molecule has 0 bridgehead atoms. The van der Waals surface area contributed by atoms with Crippen molar-refractivity contribution in [2.24, 2.45) is 0 Å². The average molecular weight is 292 g/mol. The van der Waals surface area contributed by atoms with Crippen molar-refractivity contribution in [3.05, 3.63) is 16.4 Å². The Hall–Kier alpha value is -1.34. The number of carbonyl (C=O) groups excluding carboxylic acids is 2. The zero-order valence-corrected chi connectivity index (χ0v) is 12.0. The Balaban J connectivity index is 0.00000289. The number of urea groups is 1. The van der Waals surface area contributed by atoms with Gasteiger partial charge in [0, 0.05) is 17.1 Å². The Morgan fingerprint density at radius 3 is 2.50 bits per heavy atom. The van der Waals surface area contributed by atoms with E-state index in [1.165, 1.54) is 15.9 Å². The van der Waals surface area contributed by atoms with E-state index in [-0.39, 0.29) is 29.3 Å². The third-order valence-electron chi connectivity index (χ3n) is 1.74. The summed E-state index contributed by atoms with van der Waals surface area (Å²) in [6.45, 7) is 5.45. The summed E-state index contributed by atoms with van der Waals surface area (Å²) in [5, 5.41) is 14.0. The number of aromatic nitrogens is 1. The lowest BCUT2D eigenvalue weighted by Crippen LogP contribution is -3.00. The van der Waals surface area contributed by atoms with E-state index in [1.807, 2.05) is 20.8 Å². The van der Waals surface area contributed by atoms with Gasteiger partial charge in [-0.1, -0.05) is 0 Å². The molecule has 0 aromatic carbocycles. The van der Waals surface area contributed by atoms with Crippen molar-refractivity contribution in [2.45, 2.75) is 32.9 Å². The number of hydrogen-bond donors (Lipinski definition) is 3. The maximum absolute atomic E-state index is 11.5. The largest absolute Gasteiger partial charge is 1.00 e. The Morgan fingerprint density at radius 1 is 1.44 bits per heavy atom. The SMILES string of the molecule is CC(C)(C)NC(=O)NC(=O)Cn1ccsc1=N.[Cl-]. The second kappa shape index (κ2) is 6.55. The van der Waals surface area contributed by atoms with Gasteiger partial charge in [-0.2, -0.15) is 0 Å². The van der Waals surface area contributed by atoms with Crippen LogP contribution in [0.1, 0.15) is 20.8 Å². The van der Waals surface area contributed by atoms with Crippen LogP contribution in [0.3, 0.4) is 0 Å². The number of imide groups is 1. The van der Waals surface area contributed by atoms with Crippen LogP contribution < -0.4 is 27.8 Å². The van der Waals surface area contributed by atoms with Crippen LogP contribution in [0.25, 0.3) is 0 Å². The van der Waals surface area contributed by atoms with Crippen molar-refractivity contribution in [1.82, 2.24) is 15.2 Å². The molecule has 0 aliphatic rings. The van der Waals surface area contributed by atoms with Gasteiger partial charge in [0.05, 0.1) is 0 Å². The van der Waals surface area contributed by atoms with E-state index in [2.05, 4.69) is 10.6 Å². The molecule has 1 aromatic rings. The molecule has 0 saturated carbocycles. The van der Waals surface area contributed by atoms with Crippen LogP contribution >= 0.6 is 11.3 Å². The zero-order chi connectivity index (χ0) is 13.1. The van der Waals surface area contributed by atoms with Gasteiger partial charge in [0.15, 0.2) is 4.80 Å². The van der Waals surface area contributed by atoms with Crippen molar-refractivity contribution >= 4 is 23.3 Å². The second-order valence-electron chi connectivity index (χ2n) is 4.59. The summed E-state index contributed by atoms with van der Waals surface area (Å²) in [5.41, 5.74) is -0.388. The van der Waals surface area contributed by atoms with E-state index in [1.54, 1.807) is 11.6 Å². The van der Waals surface area contributed by atoms with Gasteiger partial charge in [-0.15, -0.1) is 11.3 Å². The van der Waals surface area contributed by atoms with Crippen LogP contribution in [0.2, 0.25) is 0 Å². The lowest BCUT2D eigenvalue weighted by Gasteiger charge is -2.20. The summed E-state index contributed by atoms with van der Waals surface area (Å²) in [5.74, 6) is -0.441. The normalized spacial score (nSPS) is 10.4. The minimum Gasteiger partial charge on any atom is -1.00 e.